The van der Waals surface area contributed by atoms with Gasteiger partial charge in [0.1, 0.15) is 29.4 Å². The number of ether oxygens (including phenoxy) is 8. The molecule has 1 spiro atoms. The summed E-state index contributed by atoms with van der Waals surface area (Å²) in [6, 6.07) is 1.03. The van der Waals surface area contributed by atoms with Crippen molar-refractivity contribution in [3.63, 3.8) is 0 Å². The Hall–Kier alpha value is -1.76. The SMILES string of the molecule is C=C(C1=C(C(=O)OC)C[C@H]2[C@](C)(C[C@H](OCOCC[Si](C)(C)C)[C@]34O[C@](OC)(CC[C@]23C)OC4(C)C)O1)C1COC(=O)C1. The first-order chi connectivity index (χ1) is 20.0. The monoisotopic (exact) mass is 622 g/mol. The predicted molar refractivity (Wildman–Crippen MR) is 159 cm³/mol. The second-order valence-electron chi connectivity index (χ2n) is 15.0. The highest BCUT2D eigenvalue weighted by Crippen LogP contribution is 2.71. The Balaban J connectivity index is 1.55. The Morgan fingerprint density at radius 2 is 1.79 bits per heavy atom. The van der Waals surface area contributed by atoms with Crippen LogP contribution >= 0.6 is 0 Å². The minimum absolute atomic E-state index is 0.109. The summed E-state index contributed by atoms with van der Waals surface area (Å²) < 4.78 is 49.6. The quantitative estimate of drug-likeness (QED) is 0.141. The Morgan fingerprint density at radius 1 is 1.07 bits per heavy atom. The summed E-state index contributed by atoms with van der Waals surface area (Å²) in [5.74, 6) is -2.01. The van der Waals surface area contributed by atoms with E-state index in [4.69, 9.17) is 37.9 Å². The van der Waals surface area contributed by atoms with Gasteiger partial charge in [-0.05, 0) is 45.2 Å². The van der Waals surface area contributed by atoms with Gasteiger partial charge in [0.15, 0.2) is 0 Å². The predicted octanol–water partition coefficient (Wildman–Crippen LogP) is 5.09. The van der Waals surface area contributed by atoms with E-state index >= 15 is 0 Å². The number of hydrogen-bond donors (Lipinski definition) is 0. The first-order valence-electron chi connectivity index (χ1n) is 15.5. The largest absolute Gasteiger partial charge is 0.486 e. The summed E-state index contributed by atoms with van der Waals surface area (Å²) in [5.41, 5.74) is -2.09. The average molecular weight is 623 g/mol. The third kappa shape index (κ3) is 5.21. The molecule has 5 aliphatic rings. The van der Waals surface area contributed by atoms with Crippen LogP contribution in [0, 0.1) is 17.3 Å². The molecule has 0 aromatic rings. The van der Waals surface area contributed by atoms with E-state index in [2.05, 4.69) is 40.1 Å². The fraction of sp³-hybridized carbons (Fsp3) is 0.812. The smallest absolute Gasteiger partial charge is 0.337 e. The lowest BCUT2D eigenvalue weighted by atomic mass is 9.45. The van der Waals surface area contributed by atoms with Crippen LogP contribution in [0.4, 0.5) is 0 Å². The highest BCUT2D eigenvalue weighted by atomic mass is 28.3. The summed E-state index contributed by atoms with van der Waals surface area (Å²) in [6.45, 7) is 20.5. The Kier molecular flexibility index (Phi) is 8.30. The lowest BCUT2D eigenvalue weighted by molar-refractivity contribution is -0.398. The molecule has 10 nitrogen and oxygen atoms in total. The van der Waals surface area contributed by atoms with E-state index in [1.54, 1.807) is 7.11 Å². The Bertz CT molecular complexity index is 1190. The number of esters is 2. The van der Waals surface area contributed by atoms with Crippen LogP contribution in [0.3, 0.4) is 0 Å². The first kappa shape index (κ1) is 32.6. The second kappa shape index (κ2) is 10.9. The molecule has 3 saturated heterocycles. The van der Waals surface area contributed by atoms with Crippen LogP contribution in [0.5, 0.6) is 0 Å². The molecule has 1 unspecified atom stereocenters. The van der Waals surface area contributed by atoms with Gasteiger partial charge in [0.25, 0.3) is 5.97 Å². The van der Waals surface area contributed by atoms with Crippen molar-refractivity contribution in [2.75, 3.05) is 34.2 Å². The maximum atomic E-state index is 13.3. The maximum absolute atomic E-state index is 13.3. The number of carbonyl (C=O) groups is 2. The van der Waals surface area contributed by atoms with Gasteiger partial charge in [-0.3, -0.25) is 4.79 Å². The van der Waals surface area contributed by atoms with Crippen LogP contribution in [-0.4, -0.2) is 83.1 Å². The van der Waals surface area contributed by atoms with Gasteiger partial charge in [0.05, 0.1) is 31.8 Å². The highest BCUT2D eigenvalue weighted by Gasteiger charge is 2.81. The molecule has 2 bridgehead atoms. The summed E-state index contributed by atoms with van der Waals surface area (Å²) in [6.07, 6.45) is 1.75. The van der Waals surface area contributed by atoms with Crippen LogP contribution in [-0.2, 0) is 47.5 Å². The maximum Gasteiger partial charge on any atom is 0.337 e. The molecule has 4 aliphatic heterocycles. The third-order valence-electron chi connectivity index (χ3n) is 10.7. The van der Waals surface area contributed by atoms with E-state index in [1.807, 2.05) is 13.8 Å². The van der Waals surface area contributed by atoms with Crippen molar-refractivity contribution >= 4 is 20.0 Å². The Morgan fingerprint density at radius 3 is 2.40 bits per heavy atom. The molecule has 242 valence electrons. The lowest BCUT2D eigenvalue weighted by Gasteiger charge is -2.67. The zero-order valence-corrected chi connectivity index (χ0v) is 28.4. The highest BCUT2D eigenvalue weighted by molar-refractivity contribution is 6.76. The topological polar surface area (TPSA) is 108 Å². The van der Waals surface area contributed by atoms with Crippen LogP contribution in [0.2, 0.25) is 25.7 Å². The molecule has 0 amide bonds. The van der Waals surface area contributed by atoms with E-state index in [-0.39, 0.29) is 37.6 Å². The van der Waals surface area contributed by atoms with Crippen molar-refractivity contribution in [1.29, 1.82) is 0 Å². The van der Waals surface area contributed by atoms with E-state index in [9.17, 15) is 9.59 Å². The minimum Gasteiger partial charge on any atom is -0.486 e. The molecule has 0 aromatic carbocycles. The average Bonchev–Trinajstić information content (AvgIpc) is 3.45. The van der Waals surface area contributed by atoms with Crippen molar-refractivity contribution < 1.29 is 47.5 Å². The standard InChI is InChI=1S/C32H50O10Si/c1-20(21-15-25(33)38-18-21)26-22(27(34)35-6)16-23-29(4)11-12-31(36-7)41-28(2,3)32(29,42-31)24(17-30(23,5)40-26)39-19-37-13-14-43(8,9)10/h21,23-24H,1,11-19H2,2-10H3/t21?,23-,24+,29-,30+,31+,32-/m1/s1. The van der Waals surface area contributed by atoms with Crippen LogP contribution in [0.15, 0.2) is 23.5 Å². The number of fused-ring (bicyclic) bond motifs is 3. The van der Waals surface area contributed by atoms with Gasteiger partial charge in [-0.1, -0.05) is 33.1 Å². The van der Waals surface area contributed by atoms with Crippen molar-refractivity contribution in [3.05, 3.63) is 23.5 Å². The van der Waals surface area contributed by atoms with E-state index in [0.29, 0.717) is 49.2 Å². The summed E-state index contributed by atoms with van der Waals surface area (Å²) in [4.78, 5) is 25.3. The molecule has 0 N–H and O–H groups in total. The molecule has 11 heteroatoms. The number of methoxy groups -OCH3 is 2. The molecule has 0 radical (unpaired) electrons. The van der Waals surface area contributed by atoms with Crippen LogP contribution < -0.4 is 0 Å². The van der Waals surface area contributed by atoms with E-state index < -0.39 is 48.3 Å². The van der Waals surface area contributed by atoms with Gasteiger partial charge in [-0.2, -0.15) is 0 Å². The number of hydrogen-bond acceptors (Lipinski definition) is 10. The third-order valence-corrected chi connectivity index (χ3v) is 12.4. The van der Waals surface area contributed by atoms with Crippen molar-refractivity contribution in [3.8, 4) is 0 Å². The number of carbonyl (C=O) groups excluding carboxylic acids is 2. The molecule has 1 aliphatic carbocycles. The number of rotatable bonds is 10. The molecule has 7 atom stereocenters. The van der Waals surface area contributed by atoms with Gasteiger partial charge in [-0.25, -0.2) is 4.79 Å². The lowest BCUT2D eigenvalue weighted by Crippen LogP contribution is -2.76. The zero-order chi connectivity index (χ0) is 31.6. The molecule has 5 rings (SSSR count). The number of cyclic esters (lactones) is 1. The van der Waals surface area contributed by atoms with Gasteiger partial charge in [0.2, 0.25) is 0 Å². The van der Waals surface area contributed by atoms with Crippen molar-refractivity contribution in [2.24, 2.45) is 17.3 Å². The minimum atomic E-state index is -1.27. The van der Waals surface area contributed by atoms with Crippen molar-refractivity contribution in [2.45, 2.75) is 114 Å². The molecule has 4 heterocycles. The number of allylic oxidation sites excluding steroid dienone is 1. The zero-order valence-electron chi connectivity index (χ0n) is 27.4. The molecule has 0 aromatic heterocycles. The van der Waals surface area contributed by atoms with Crippen LogP contribution in [0.25, 0.3) is 0 Å². The molecule has 1 saturated carbocycles. The molecule has 43 heavy (non-hydrogen) atoms. The molecular formula is C32H50O10Si. The normalized spacial score (nSPS) is 39.9. The first-order valence-corrected chi connectivity index (χ1v) is 19.2. The Labute approximate surface area is 256 Å². The van der Waals surface area contributed by atoms with Gasteiger partial charge in [-0.15, -0.1) is 0 Å². The molecular weight excluding hydrogens is 572 g/mol. The second-order valence-corrected chi connectivity index (χ2v) is 20.7. The summed E-state index contributed by atoms with van der Waals surface area (Å²) >= 11 is 0. The summed E-state index contributed by atoms with van der Waals surface area (Å²) in [7, 11) is 1.70. The fourth-order valence-electron chi connectivity index (χ4n) is 8.50. The van der Waals surface area contributed by atoms with Crippen LogP contribution in [0.1, 0.15) is 59.8 Å². The van der Waals surface area contributed by atoms with E-state index in [0.717, 1.165) is 6.04 Å². The van der Waals surface area contributed by atoms with Gasteiger partial charge < -0.3 is 37.9 Å². The van der Waals surface area contributed by atoms with Gasteiger partial charge in [0, 0.05) is 51.9 Å². The summed E-state index contributed by atoms with van der Waals surface area (Å²) in [5, 5.41) is 0. The fourth-order valence-corrected chi connectivity index (χ4v) is 9.25. The van der Waals surface area contributed by atoms with Crippen molar-refractivity contribution in [1.82, 2.24) is 0 Å². The van der Waals surface area contributed by atoms with Gasteiger partial charge >= 0.3 is 11.9 Å². The van der Waals surface area contributed by atoms with E-state index in [1.165, 1.54) is 7.11 Å². The molecule has 4 fully saturated rings.